The lowest BCUT2D eigenvalue weighted by Crippen LogP contribution is -2.43. The number of likely N-dealkylation sites (tertiary alicyclic amines) is 1. The number of esters is 1. The van der Waals surface area contributed by atoms with Crippen LogP contribution in [-0.2, 0) is 25.5 Å². The molecule has 1 aliphatic heterocycles. The van der Waals surface area contributed by atoms with Crippen LogP contribution in [0.15, 0.2) is 36.0 Å². The van der Waals surface area contributed by atoms with Crippen molar-refractivity contribution in [1.29, 1.82) is 0 Å². The topological polar surface area (TPSA) is 75.7 Å². The molecule has 31 heavy (non-hydrogen) atoms. The van der Waals surface area contributed by atoms with Crippen molar-refractivity contribution >= 4 is 29.4 Å². The number of rotatable bonds is 8. The van der Waals surface area contributed by atoms with Crippen LogP contribution in [0, 0.1) is 23.7 Å². The molecular formula is C24H27ClN2O4. The molecule has 2 atom stereocenters. The predicted octanol–water partition coefficient (Wildman–Crippen LogP) is 3.10. The first-order valence-corrected chi connectivity index (χ1v) is 11.0. The van der Waals surface area contributed by atoms with Crippen LogP contribution in [0.4, 0.5) is 0 Å². The van der Waals surface area contributed by atoms with Crippen LogP contribution in [0.5, 0.6) is 0 Å². The fourth-order valence-electron chi connectivity index (χ4n) is 4.55. The Bertz CT molecular complexity index is 919. The molecule has 164 valence electrons. The average Bonchev–Trinajstić information content (AvgIpc) is 3.01. The Morgan fingerprint density at radius 1 is 1.35 bits per heavy atom. The molecule has 0 aromatic heterocycles. The Kier molecular flexibility index (Phi) is 7.40. The molecule has 7 heteroatoms. The van der Waals surface area contributed by atoms with Gasteiger partial charge in [0.2, 0.25) is 11.8 Å². The van der Waals surface area contributed by atoms with Crippen LogP contribution in [0.3, 0.4) is 0 Å². The Balaban J connectivity index is 1.91. The number of amides is 2. The second-order valence-electron chi connectivity index (χ2n) is 7.78. The monoisotopic (exact) mass is 442 g/mol. The number of terminal acetylenes is 1. The zero-order valence-electron chi connectivity index (χ0n) is 17.7. The Morgan fingerprint density at radius 3 is 2.77 bits per heavy atom. The Labute approximate surface area is 188 Å². The summed E-state index contributed by atoms with van der Waals surface area (Å²) in [6.07, 6.45) is 9.70. The number of benzene rings is 1. The summed E-state index contributed by atoms with van der Waals surface area (Å²) in [4.78, 5) is 40.8. The molecule has 0 spiro atoms. The van der Waals surface area contributed by atoms with Gasteiger partial charge in [0.25, 0.3) is 0 Å². The van der Waals surface area contributed by atoms with Crippen molar-refractivity contribution in [3.05, 3.63) is 46.6 Å². The first-order valence-electron chi connectivity index (χ1n) is 10.6. The lowest BCUT2D eigenvalue weighted by Gasteiger charge is -2.35. The number of allylic oxidation sites excluding steroid dienone is 1. The number of ether oxygens (including phenoxy) is 1. The number of carbonyl (C=O) groups excluding carboxylic acids is 3. The van der Waals surface area contributed by atoms with Gasteiger partial charge in [-0.3, -0.25) is 14.4 Å². The van der Waals surface area contributed by atoms with Crippen molar-refractivity contribution < 1.29 is 19.1 Å². The standard InChI is InChI=1S/C24H27ClN2O4/c1-3-14-26-21(28)16-19-22(29)27(15-12-17-8-10-18(25)11-9-17)20-7-5-6-13-24(19,20)23(30)31-4-2/h1,7-11,19H,4-6,12-16H2,2H3,(H,26,28)/t19-,24-/m0/s1. The number of hydrogen-bond donors (Lipinski definition) is 1. The van der Waals surface area contributed by atoms with Gasteiger partial charge in [-0.15, -0.1) is 6.42 Å². The Hall–Kier alpha value is -2.78. The molecular weight excluding hydrogens is 416 g/mol. The molecule has 1 N–H and O–H groups in total. The molecule has 2 amide bonds. The molecule has 3 rings (SSSR count). The summed E-state index contributed by atoms with van der Waals surface area (Å²) >= 11 is 5.96. The van der Waals surface area contributed by atoms with Crippen molar-refractivity contribution in [1.82, 2.24) is 10.2 Å². The molecule has 0 radical (unpaired) electrons. The molecule has 0 bridgehead atoms. The van der Waals surface area contributed by atoms with Gasteiger partial charge < -0.3 is 15.0 Å². The van der Waals surface area contributed by atoms with E-state index in [0.29, 0.717) is 30.1 Å². The smallest absolute Gasteiger partial charge is 0.318 e. The maximum Gasteiger partial charge on any atom is 0.318 e. The molecule has 2 aliphatic rings. The predicted molar refractivity (Wildman–Crippen MR) is 118 cm³/mol. The van der Waals surface area contributed by atoms with Crippen LogP contribution >= 0.6 is 11.6 Å². The summed E-state index contributed by atoms with van der Waals surface area (Å²) in [6.45, 7) is 2.44. The third-order valence-electron chi connectivity index (χ3n) is 5.97. The van der Waals surface area contributed by atoms with Crippen molar-refractivity contribution in [2.45, 2.75) is 39.0 Å². The Morgan fingerprint density at radius 2 is 2.10 bits per heavy atom. The van der Waals surface area contributed by atoms with E-state index < -0.39 is 17.3 Å². The highest BCUT2D eigenvalue weighted by Crippen LogP contribution is 2.53. The largest absolute Gasteiger partial charge is 0.465 e. The molecule has 1 aromatic carbocycles. The first kappa shape index (κ1) is 22.9. The lowest BCUT2D eigenvalue weighted by atomic mass is 9.68. The van der Waals surface area contributed by atoms with Gasteiger partial charge in [0.15, 0.2) is 0 Å². The van der Waals surface area contributed by atoms with Gasteiger partial charge in [-0.1, -0.05) is 35.7 Å². The minimum absolute atomic E-state index is 0.0785. The highest BCUT2D eigenvalue weighted by molar-refractivity contribution is 6.30. The third-order valence-corrected chi connectivity index (χ3v) is 6.23. The summed E-state index contributed by atoms with van der Waals surface area (Å²) in [6, 6.07) is 7.46. The van der Waals surface area contributed by atoms with Crippen molar-refractivity contribution in [3.63, 3.8) is 0 Å². The van der Waals surface area contributed by atoms with E-state index in [1.165, 1.54) is 0 Å². The fraction of sp³-hybridized carbons (Fsp3) is 0.458. The van der Waals surface area contributed by atoms with Crippen LogP contribution in [0.25, 0.3) is 0 Å². The molecule has 1 heterocycles. The summed E-state index contributed by atoms with van der Waals surface area (Å²) in [5.74, 6) is 0.558. The normalized spacial score (nSPS) is 22.4. The lowest BCUT2D eigenvalue weighted by molar-refractivity contribution is -0.158. The average molecular weight is 443 g/mol. The maximum absolute atomic E-state index is 13.5. The van der Waals surface area contributed by atoms with Gasteiger partial charge in [-0.25, -0.2) is 0 Å². The van der Waals surface area contributed by atoms with Crippen molar-refractivity contribution in [2.24, 2.45) is 11.3 Å². The summed E-state index contributed by atoms with van der Waals surface area (Å²) in [5.41, 5.74) is 0.579. The quantitative estimate of drug-likeness (QED) is 0.496. The summed E-state index contributed by atoms with van der Waals surface area (Å²) in [7, 11) is 0. The van der Waals surface area contributed by atoms with Crippen LogP contribution < -0.4 is 5.32 Å². The third kappa shape index (κ3) is 4.62. The van der Waals surface area contributed by atoms with E-state index in [-0.39, 0.29) is 31.4 Å². The van der Waals surface area contributed by atoms with E-state index in [2.05, 4.69) is 11.2 Å². The highest BCUT2D eigenvalue weighted by Gasteiger charge is 2.61. The number of carbonyl (C=O) groups is 3. The molecule has 0 unspecified atom stereocenters. The number of nitrogens with zero attached hydrogens (tertiary/aromatic N) is 1. The van der Waals surface area contributed by atoms with Crippen molar-refractivity contribution in [3.8, 4) is 12.3 Å². The van der Waals surface area contributed by atoms with Gasteiger partial charge in [0.05, 0.1) is 19.1 Å². The minimum atomic E-state index is -1.13. The van der Waals surface area contributed by atoms with Gasteiger partial charge in [-0.2, -0.15) is 0 Å². The van der Waals surface area contributed by atoms with Crippen LogP contribution in [0.2, 0.25) is 5.02 Å². The van der Waals surface area contributed by atoms with Gasteiger partial charge in [0.1, 0.15) is 5.41 Å². The van der Waals surface area contributed by atoms with E-state index in [9.17, 15) is 14.4 Å². The zero-order chi connectivity index (χ0) is 22.4. The van der Waals surface area contributed by atoms with E-state index >= 15 is 0 Å². The molecule has 1 saturated heterocycles. The summed E-state index contributed by atoms with van der Waals surface area (Å²) in [5, 5.41) is 3.26. The van der Waals surface area contributed by atoms with Gasteiger partial charge in [-0.05, 0) is 50.3 Å². The van der Waals surface area contributed by atoms with Gasteiger partial charge >= 0.3 is 5.97 Å². The van der Waals surface area contributed by atoms with E-state index in [0.717, 1.165) is 18.4 Å². The number of halogens is 1. The minimum Gasteiger partial charge on any atom is -0.465 e. The second-order valence-corrected chi connectivity index (χ2v) is 8.21. The van der Waals surface area contributed by atoms with Gasteiger partial charge in [0, 0.05) is 23.7 Å². The fourth-order valence-corrected chi connectivity index (χ4v) is 4.68. The first-order chi connectivity index (χ1) is 14.9. The molecule has 1 fully saturated rings. The van der Waals surface area contributed by atoms with Crippen LogP contribution in [0.1, 0.15) is 38.2 Å². The summed E-state index contributed by atoms with van der Waals surface area (Å²) < 4.78 is 5.41. The second kappa shape index (κ2) is 10.0. The maximum atomic E-state index is 13.5. The SMILES string of the molecule is C#CCNC(=O)C[C@H]1C(=O)N(CCc2ccc(Cl)cc2)C2=CCCC[C@@]21C(=O)OCC. The zero-order valence-corrected chi connectivity index (χ0v) is 18.4. The molecule has 0 saturated carbocycles. The van der Waals surface area contributed by atoms with E-state index in [1.54, 1.807) is 11.8 Å². The molecule has 1 aliphatic carbocycles. The van der Waals surface area contributed by atoms with E-state index in [1.807, 2.05) is 30.3 Å². The number of nitrogens with one attached hydrogen (secondary N) is 1. The van der Waals surface area contributed by atoms with E-state index in [4.69, 9.17) is 22.8 Å². The molecule has 1 aromatic rings. The highest BCUT2D eigenvalue weighted by atomic mass is 35.5. The van der Waals surface area contributed by atoms with Crippen LogP contribution in [-0.4, -0.2) is 42.4 Å². The molecule has 6 nitrogen and oxygen atoms in total. The van der Waals surface area contributed by atoms with Crippen molar-refractivity contribution in [2.75, 3.05) is 19.7 Å². The number of hydrogen-bond acceptors (Lipinski definition) is 4. The number of fused-ring (bicyclic) bond motifs is 1.